The van der Waals surface area contributed by atoms with Gasteiger partial charge in [0.05, 0.1) is 0 Å². The summed E-state index contributed by atoms with van der Waals surface area (Å²) < 4.78 is 1.82. The van der Waals surface area contributed by atoms with Crippen molar-refractivity contribution in [2.45, 2.75) is 37.4 Å². The number of rotatable bonds is 8. The van der Waals surface area contributed by atoms with Gasteiger partial charge >= 0.3 is 5.97 Å². The van der Waals surface area contributed by atoms with E-state index in [4.69, 9.17) is 0 Å². The van der Waals surface area contributed by atoms with Crippen LogP contribution in [-0.4, -0.2) is 43.7 Å². The minimum absolute atomic E-state index is 0.542. The molecule has 0 spiro atoms. The van der Waals surface area contributed by atoms with E-state index in [1.807, 2.05) is 18.5 Å². The predicted molar refractivity (Wildman–Crippen MR) is 70.7 cm³/mol. The average molecular weight is 272 g/mol. The Balaban J connectivity index is 2.47. The molecule has 1 aromatic rings. The minimum atomic E-state index is -0.873. The van der Waals surface area contributed by atoms with E-state index >= 15 is 0 Å². The van der Waals surface area contributed by atoms with E-state index in [0.29, 0.717) is 18.7 Å². The summed E-state index contributed by atoms with van der Waals surface area (Å²) in [5.41, 5.74) is -0.873. The molecular formula is C11H20N4O2S. The van der Waals surface area contributed by atoms with Crippen LogP contribution in [0.5, 0.6) is 0 Å². The Hall–Kier alpha value is -1.08. The Labute approximate surface area is 111 Å². The number of aryl methyl sites for hydroxylation is 1. The number of carboxylic acids is 1. The third-order valence-electron chi connectivity index (χ3n) is 2.74. The van der Waals surface area contributed by atoms with Gasteiger partial charge in [0.25, 0.3) is 0 Å². The van der Waals surface area contributed by atoms with Crippen molar-refractivity contribution in [3.05, 3.63) is 6.33 Å². The van der Waals surface area contributed by atoms with Gasteiger partial charge in [0.15, 0.2) is 5.16 Å². The fraction of sp³-hybridized carbons (Fsp3) is 0.727. The summed E-state index contributed by atoms with van der Waals surface area (Å²) >= 11 is 1.52. The lowest BCUT2D eigenvalue weighted by Crippen LogP contribution is -2.50. The highest BCUT2D eigenvalue weighted by molar-refractivity contribution is 7.99. The maximum Gasteiger partial charge on any atom is 0.323 e. The molecule has 1 unspecified atom stereocenters. The molecule has 1 aromatic heterocycles. The second-order valence-corrected chi connectivity index (χ2v) is 5.45. The number of carboxylic acid groups (broad SMARTS) is 1. The molecule has 0 aliphatic heterocycles. The second-order valence-electron chi connectivity index (χ2n) is 4.39. The van der Waals surface area contributed by atoms with Crippen LogP contribution in [0.4, 0.5) is 0 Å². The minimum Gasteiger partial charge on any atom is -0.480 e. The van der Waals surface area contributed by atoms with Gasteiger partial charge < -0.3 is 15.0 Å². The summed E-state index contributed by atoms with van der Waals surface area (Å²) in [6.07, 6.45) is 3.09. The van der Waals surface area contributed by atoms with Gasteiger partial charge in [-0.3, -0.25) is 4.79 Å². The van der Waals surface area contributed by atoms with Crippen LogP contribution in [0.2, 0.25) is 0 Å². The third-order valence-corrected chi connectivity index (χ3v) is 3.78. The van der Waals surface area contributed by atoms with E-state index in [0.717, 1.165) is 11.6 Å². The van der Waals surface area contributed by atoms with Gasteiger partial charge in [0.1, 0.15) is 11.9 Å². The first-order valence-electron chi connectivity index (χ1n) is 5.95. The van der Waals surface area contributed by atoms with Crippen LogP contribution in [0.15, 0.2) is 11.5 Å². The van der Waals surface area contributed by atoms with Crippen molar-refractivity contribution in [2.75, 3.05) is 12.3 Å². The number of nitrogens with one attached hydrogen (secondary N) is 1. The zero-order chi connectivity index (χ0) is 13.6. The largest absolute Gasteiger partial charge is 0.480 e. The van der Waals surface area contributed by atoms with E-state index in [1.54, 1.807) is 13.3 Å². The molecule has 18 heavy (non-hydrogen) atoms. The molecular weight excluding hydrogens is 252 g/mol. The van der Waals surface area contributed by atoms with Crippen LogP contribution in [0, 0.1) is 0 Å². The van der Waals surface area contributed by atoms with Crippen LogP contribution in [-0.2, 0) is 11.8 Å². The predicted octanol–water partition coefficient (Wildman–Crippen LogP) is 1.14. The summed E-state index contributed by atoms with van der Waals surface area (Å²) in [6.45, 7) is 4.45. The van der Waals surface area contributed by atoms with E-state index in [9.17, 15) is 9.90 Å². The number of nitrogens with zero attached hydrogens (tertiary/aromatic N) is 3. The Morgan fingerprint density at radius 1 is 1.67 bits per heavy atom. The quantitative estimate of drug-likeness (QED) is 0.691. The van der Waals surface area contributed by atoms with Gasteiger partial charge in [0.2, 0.25) is 0 Å². The van der Waals surface area contributed by atoms with Crippen LogP contribution in [0.3, 0.4) is 0 Å². The van der Waals surface area contributed by atoms with Gasteiger partial charge in [-0.25, -0.2) is 0 Å². The van der Waals surface area contributed by atoms with Crippen LogP contribution >= 0.6 is 11.8 Å². The molecule has 0 aromatic carbocycles. The average Bonchev–Trinajstić information content (AvgIpc) is 2.72. The first-order valence-corrected chi connectivity index (χ1v) is 6.93. The molecule has 1 heterocycles. The Morgan fingerprint density at radius 2 is 2.39 bits per heavy atom. The second kappa shape index (κ2) is 6.75. The molecule has 0 aliphatic carbocycles. The molecule has 7 heteroatoms. The fourth-order valence-corrected chi connectivity index (χ4v) is 2.47. The van der Waals surface area contributed by atoms with Gasteiger partial charge in [-0.15, -0.1) is 10.2 Å². The van der Waals surface area contributed by atoms with E-state index < -0.39 is 11.5 Å². The van der Waals surface area contributed by atoms with E-state index in [-0.39, 0.29) is 0 Å². The van der Waals surface area contributed by atoms with Gasteiger partial charge in [0, 0.05) is 12.8 Å². The van der Waals surface area contributed by atoms with Crippen LogP contribution in [0.1, 0.15) is 26.7 Å². The van der Waals surface area contributed by atoms with Gasteiger partial charge in [-0.05, 0) is 26.3 Å². The molecule has 2 N–H and O–H groups in total. The lowest BCUT2D eigenvalue weighted by atomic mass is 9.99. The van der Waals surface area contributed by atoms with Crippen molar-refractivity contribution in [2.24, 2.45) is 7.05 Å². The number of aromatic nitrogens is 3. The zero-order valence-electron chi connectivity index (χ0n) is 11.0. The summed E-state index contributed by atoms with van der Waals surface area (Å²) in [5, 5.41) is 20.9. The number of carbonyl (C=O) groups is 1. The highest BCUT2D eigenvalue weighted by atomic mass is 32.2. The summed E-state index contributed by atoms with van der Waals surface area (Å²) in [4.78, 5) is 11.3. The van der Waals surface area contributed by atoms with Crippen LogP contribution < -0.4 is 5.32 Å². The maximum absolute atomic E-state index is 11.3. The lowest BCUT2D eigenvalue weighted by molar-refractivity contribution is -0.144. The monoisotopic (exact) mass is 272 g/mol. The van der Waals surface area contributed by atoms with E-state index in [1.165, 1.54) is 11.8 Å². The molecule has 1 atom stereocenters. The highest BCUT2D eigenvalue weighted by Crippen LogP contribution is 2.19. The normalized spacial score (nSPS) is 14.4. The number of hydrogen-bond donors (Lipinski definition) is 2. The van der Waals surface area contributed by atoms with Gasteiger partial charge in [-0.2, -0.15) is 0 Å². The lowest BCUT2D eigenvalue weighted by Gasteiger charge is -2.25. The molecule has 0 amide bonds. The number of aliphatic carboxylic acids is 1. The molecule has 0 saturated heterocycles. The highest BCUT2D eigenvalue weighted by Gasteiger charge is 2.31. The standard InChI is InChI=1S/C11H20N4O2S/c1-4-6-12-11(2,9(16)17)5-7-18-10-14-13-8-15(10)3/h8,12H,4-7H2,1-3H3,(H,16,17). The first-order chi connectivity index (χ1) is 8.49. The first kappa shape index (κ1) is 15.0. The van der Waals surface area contributed by atoms with Gasteiger partial charge in [-0.1, -0.05) is 18.7 Å². The molecule has 0 fully saturated rings. The van der Waals surface area contributed by atoms with E-state index in [2.05, 4.69) is 15.5 Å². The SMILES string of the molecule is CCCNC(C)(CCSc1nncn1C)C(=O)O. The topological polar surface area (TPSA) is 80.0 Å². The Bertz CT molecular complexity index is 396. The van der Waals surface area contributed by atoms with Crippen molar-refractivity contribution in [1.82, 2.24) is 20.1 Å². The van der Waals surface area contributed by atoms with Crippen molar-refractivity contribution in [3.63, 3.8) is 0 Å². The summed E-state index contributed by atoms with van der Waals surface area (Å²) in [6, 6.07) is 0. The molecule has 102 valence electrons. The van der Waals surface area contributed by atoms with Crippen molar-refractivity contribution in [1.29, 1.82) is 0 Å². The molecule has 6 nitrogen and oxygen atoms in total. The summed E-state index contributed by atoms with van der Waals surface area (Å²) in [7, 11) is 1.87. The molecule has 0 saturated carbocycles. The maximum atomic E-state index is 11.3. The number of thioether (sulfide) groups is 1. The molecule has 1 rings (SSSR count). The molecule has 0 bridgehead atoms. The number of hydrogen-bond acceptors (Lipinski definition) is 5. The molecule has 0 radical (unpaired) electrons. The Morgan fingerprint density at radius 3 is 2.89 bits per heavy atom. The Kier molecular flexibility index (Phi) is 5.61. The zero-order valence-corrected chi connectivity index (χ0v) is 11.8. The fourth-order valence-electron chi connectivity index (χ4n) is 1.42. The van der Waals surface area contributed by atoms with Crippen molar-refractivity contribution < 1.29 is 9.90 Å². The summed E-state index contributed by atoms with van der Waals surface area (Å²) in [5.74, 6) is -0.124. The molecule has 0 aliphatic rings. The van der Waals surface area contributed by atoms with Crippen molar-refractivity contribution in [3.8, 4) is 0 Å². The third kappa shape index (κ3) is 3.99. The smallest absolute Gasteiger partial charge is 0.323 e. The van der Waals surface area contributed by atoms with Crippen molar-refractivity contribution >= 4 is 17.7 Å². The van der Waals surface area contributed by atoms with Crippen LogP contribution in [0.25, 0.3) is 0 Å².